The van der Waals surface area contributed by atoms with Gasteiger partial charge in [-0.3, -0.25) is 0 Å². The van der Waals surface area contributed by atoms with Gasteiger partial charge in [0.1, 0.15) is 11.2 Å². The second kappa shape index (κ2) is 10.5. The number of fused-ring (bicyclic) bond motifs is 3. The fourth-order valence-electron chi connectivity index (χ4n) is 5.59. The first-order valence-corrected chi connectivity index (χ1v) is 14.3. The van der Waals surface area contributed by atoms with Crippen LogP contribution in [0.1, 0.15) is 0 Å². The average Bonchev–Trinajstić information content (AvgIpc) is 3.48. The number of hydrogen-bond donors (Lipinski definition) is 0. The van der Waals surface area contributed by atoms with E-state index in [-0.39, 0.29) is 0 Å². The molecule has 202 valence electrons. The Kier molecular flexibility index (Phi) is 6.08. The van der Waals surface area contributed by atoms with Crippen molar-refractivity contribution in [3.05, 3.63) is 152 Å². The lowest BCUT2D eigenvalue weighted by Crippen LogP contribution is -2.00. The molecule has 0 saturated heterocycles. The van der Waals surface area contributed by atoms with Crippen LogP contribution in [0.2, 0.25) is 0 Å². The maximum atomic E-state index is 6.29. The summed E-state index contributed by atoms with van der Waals surface area (Å²) in [6.45, 7) is 0. The van der Waals surface area contributed by atoms with Crippen LogP contribution in [-0.2, 0) is 0 Å². The molecule has 0 amide bonds. The highest BCUT2D eigenvalue weighted by molar-refractivity contribution is 6.09. The summed E-state index contributed by atoms with van der Waals surface area (Å²) in [6, 6.07) is 51.6. The molecule has 4 heteroatoms. The van der Waals surface area contributed by atoms with Gasteiger partial charge >= 0.3 is 0 Å². The highest BCUT2D eigenvalue weighted by atomic mass is 16.3. The van der Waals surface area contributed by atoms with Gasteiger partial charge in [-0.15, -0.1) is 0 Å². The summed E-state index contributed by atoms with van der Waals surface area (Å²) >= 11 is 0. The molecular formula is C39H25N3O. The second-order valence-electron chi connectivity index (χ2n) is 10.5. The van der Waals surface area contributed by atoms with Gasteiger partial charge < -0.3 is 4.42 Å². The Hall–Kier alpha value is -5.87. The number of hydrogen-bond acceptors (Lipinski definition) is 4. The molecule has 8 rings (SSSR count). The number of para-hydroxylation sites is 2. The molecule has 0 aliphatic rings. The van der Waals surface area contributed by atoms with Crippen LogP contribution < -0.4 is 0 Å². The molecule has 0 fully saturated rings. The molecule has 0 spiro atoms. The van der Waals surface area contributed by atoms with Gasteiger partial charge in [0.2, 0.25) is 0 Å². The molecule has 4 nitrogen and oxygen atoms in total. The van der Waals surface area contributed by atoms with E-state index in [0.717, 1.165) is 60.9 Å². The maximum Gasteiger partial charge on any atom is 0.164 e. The minimum atomic E-state index is 0.627. The van der Waals surface area contributed by atoms with Crippen LogP contribution >= 0.6 is 0 Å². The number of rotatable bonds is 5. The summed E-state index contributed by atoms with van der Waals surface area (Å²) in [5.74, 6) is 1.90. The lowest BCUT2D eigenvalue weighted by Gasteiger charge is -2.10. The van der Waals surface area contributed by atoms with E-state index in [1.807, 2.05) is 54.6 Å². The Labute approximate surface area is 249 Å². The molecule has 8 aromatic rings. The SMILES string of the molecule is c1ccc(-c2cccc(-c3nc(-c4ccccc4)nc(-c4ccc(-c5cccc6c5oc5ccccc56)cc4)n3)c2)cc1. The fraction of sp³-hybridized carbons (Fsp3) is 0. The summed E-state index contributed by atoms with van der Waals surface area (Å²) in [5.41, 5.74) is 8.98. The van der Waals surface area contributed by atoms with E-state index in [1.165, 1.54) is 0 Å². The van der Waals surface area contributed by atoms with Crippen molar-refractivity contribution in [2.45, 2.75) is 0 Å². The molecule has 2 aromatic heterocycles. The first-order chi connectivity index (χ1) is 21.3. The third-order valence-corrected chi connectivity index (χ3v) is 7.75. The van der Waals surface area contributed by atoms with Crippen molar-refractivity contribution in [3.63, 3.8) is 0 Å². The molecule has 0 unspecified atom stereocenters. The Morgan fingerprint density at radius 2 is 0.860 bits per heavy atom. The standard InChI is InChI=1S/C39H25N3O/c1-3-11-26(12-4-1)30-15-9-16-31(25-30)39-41-37(28-13-5-2-6-14-28)40-38(42-39)29-23-21-27(22-24-29)32-18-10-19-34-33-17-7-8-20-35(33)43-36(32)34/h1-25H. The van der Waals surface area contributed by atoms with Crippen LogP contribution in [0.4, 0.5) is 0 Å². The van der Waals surface area contributed by atoms with Crippen molar-refractivity contribution in [1.82, 2.24) is 15.0 Å². The second-order valence-corrected chi connectivity index (χ2v) is 10.5. The molecule has 0 atom stereocenters. The number of nitrogens with zero attached hydrogens (tertiary/aromatic N) is 3. The normalized spacial score (nSPS) is 11.3. The van der Waals surface area contributed by atoms with E-state index in [2.05, 4.69) is 97.1 Å². The van der Waals surface area contributed by atoms with Crippen molar-refractivity contribution in [3.8, 4) is 56.4 Å². The van der Waals surface area contributed by atoms with Gasteiger partial charge in [-0.25, -0.2) is 15.0 Å². The van der Waals surface area contributed by atoms with Crippen molar-refractivity contribution in [2.75, 3.05) is 0 Å². The van der Waals surface area contributed by atoms with Crippen LogP contribution in [-0.4, -0.2) is 15.0 Å². The molecule has 6 aromatic carbocycles. The van der Waals surface area contributed by atoms with Gasteiger partial charge in [-0.2, -0.15) is 0 Å². The summed E-state index contributed by atoms with van der Waals surface area (Å²) in [7, 11) is 0. The third kappa shape index (κ3) is 4.65. The van der Waals surface area contributed by atoms with Crippen molar-refractivity contribution in [2.24, 2.45) is 0 Å². The molecule has 2 heterocycles. The van der Waals surface area contributed by atoms with Gasteiger partial charge in [-0.1, -0.05) is 140 Å². The summed E-state index contributed by atoms with van der Waals surface area (Å²) in [5, 5.41) is 2.24. The van der Waals surface area contributed by atoms with Gasteiger partial charge in [0.25, 0.3) is 0 Å². The van der Waals surface area contributed by atoms with Gasteiger partial charge in [0, 0.05) is 33.0 Å². The molecule has 43 heavy (non-hydrogen) atoms. The Morgan fingerprint density at radius 3 is 1.60 bits per heavy atom. The smallest absolute Gasteiger partial charge is 0.164 e. The maximum absolute atomic E-state index is 6.29. The number of aromatic nitrogens is 3. The number of benzene rings is 6. The predicted octanol–water partition coefficient (Wildman–Crippen LogP) is 10.1. The molecule has 0 radical (unpaired) electrons. The minimum Gasteiger partial charge on any atom is -0.455 e. The van der Waals surface area contributed by atoms with Crippen LogP contribution in [0.5, 0.6) is 0 Å². The molecule has 0 saturated carbocycles. The molecule has 0 N–H and O–H groups in total. The Morgan fingerprint density at radius 1 is 0.349 bits per heavy atom. The zero-order valence-corrected chi connectivity index (χ0v) is 23.2. The zero-order chi connectivity index (χ0) is 28.6. The highest BCUT2D eigenvalue weighted by Gasteiger charge is 2.15. The monoisotopic (exact) mass is 551 g/mol. The van der Waals surface area contributed by atoms with Gasteiger partial charge in [0.15, 0.2) is 17.5 Å². The fourth-order valence-corrected chi connectivity index (χ4v) is 5.59. The Balaban J connectivity index is 1.22. The zero-order valence-electron chi connectivity index (χ0n) is 23.2. The van der Waals surface area contributed by atoms with E-state index in [1.54, 1.807) is 0 Å². The molecule has 0 aliphatic carbocycles. The van der Waals surface area contributed by atoms with Crippen molar-refractivity contribution < 1.29 is 4.42 Å². The minimum absolute atomic E-state index is 0.627. The summed E-state index contributed by atoms with van der Waals surface area (Å²) in [6.07, 6.45) is 0. The van der Waals surface area contributed by atoms with Crippen LogP contribution in [0.3, 0.4) is 0 Å². The van der Waals surface area contributed by atoms with E-state index >= 15 is 0 Å². The predicted molar refractivity (Wildman–Crippen MR) is 174 cm³/mol. The quantitative estimate of drug-likeness (QED) is 0.214. The van der Waals surface area contributed by atoms with E-state index in [0.29, 0.717) is 17.5 Å². The summed E-state index contributed by atoms with van der Waals surface area (Å²) in [4.78, 5) is 14.8. The molecule has 0 bridgehead atoms. The third-order valence-electron chi connectivity index (χ3n) is 7.75. The average molecular weight is 552 g/mol. The van der Waals surface area contributed by atoms with E-state index < -0.39 is 0 Å². The van der Waals surface area contributed by atoms with Crippen LogP contribution in [0, 0.1) is 0 Å². The number of furan rings is 1. The van der Waals surface area contributed by atoms with Crippen molar-refractivity contribution >= 4 is 21.9 Å². The van der Waals surface area contributed by atoms with E-state index in [4.69, 9.17) is 19.4 Å². The van der Waals surface area contributed by atoms with E-state index in [9.17, 15) is 0 Å². The van der Waals surface area contributed by atoms with Crippen molar-refractivity contribution in [1.29, 1.82) is 0 Å². The van der Waals surface area contributed by atoms with Crippen LogP contribution in [0.15, 0.2) is 156 Å². The first-order valence-electron chi connectivity index (χ1n) is 14.3. The summed E-state index contributed by atoms with van der Waals surface area (Å²) < 4.78 is 6.29. The Bertz CT molecular complexity index is 2220. The molecule has 0 aliphatic heterocycles. The molecular weight excluding hydrogens is 526 g/mol. The highest BCUT2D eigenvalue weighted by Crippen LogP contribution is 2.36. The first kappa shape index (κ1) is 24.9. The lowest BCUT2D eigenvalue weighted by molar-refractivity contribution is 0.670. The lowest BCUT2D eigenvalue weighted by atomic mass is 10.0. The topological polar surface area (TPSA) is 51.8 Å². The largest absolute Gasteiger partial charge is 0.455 e. The van der Waals surface area contributed by atoms with Gasteiger partial charge in [-0.05, 0) is 28.8 Å². The van der Waals surface area contributed by atoms with Crippen LogP contribution in [0.25, 0.3) is 78.4 Å². The van der Waals surface area contributed by atoms with Gasteiger partial charge in [0.05, 0.1) is 0 Å².